The summed E-state index contributed by atoms with van der Waals surface area (Å²) in [6.07, 6.45) is 6.96. The molecule has 0 N–H and O–H groups in total. The number of allylic oxidation sites excluding steroid dienone is 2. The molecule has 1 heterocycles. The van der Waals surface area contributed by atoms with Crippen LogP contribution >= 0.6 is 0 Å². The Kier molecular flexibility index (Phi) is 3.65. The number of benzene rings is 1. The van der Waals surface area contributed by atoms with E-state index >= 15 is 0 Å². The zero-order valence-electron chi connectivity index (χ0n) is 12.1. The van der Waals surface area contributed by atoms with Crippen molar-refractivity contribution < 1.29 is 18.1 Å². The van der Waals surface area contributed by atoms with Crippen molar-refractivity contribution >= 4 is 21.5 Å². The van der Waals surface area contributed by atoms with Crippen molar-refractivity contribution in [1.29, 1.82) is 0 Å². The lowest BCUT2D eigenvalue weighted by Crippen LogP contribution is -2.45. The number of nitro groups is 1. The van der Waals surface area contributed by atoms with Gasteiger partial charge < -0.3 is 0 Å². The fourth-order valence-corrected chi connectivity index (χ4v) is 4.95. The van der Waals surface area contributed by atoms with Crippen molar-refractivity contribution in [3.63, 3.8) is 0 Å². The van der Waals surface area contributed by atoms with Gasteiger partial charge in [0.15, 0.2) is 10.7 Å². The van der Waals surface area contributed by atoms with Crippen LogP contribution < -0.4 is 0 Å². The van der Waals surface area contributed by atoms with Crippen LogP contribution in [0.1, 0.15) is 12.8 Å². The number of nitro benzene ring substituents is 1. The van der Waals surface area contributed by atoms with E-state index in [1.165, 1.54) is 40.7 Å². The molecule has 1 aromatic carbocycles. The maximum atomic E-state index is 13.0. The second kappa shape index (κ2) is 5.39. The third kappa shape index (κ3) is 2.49. The van der Waals surface area contributed by atoms with Crippen LogP contribution in [0.15, 0.2) is 53.5 Å². The fraction of sp³-hybridized carbons (Fsp3) is 0.267. The van der Waals surface area contributed by atoms with Gasteiger partial charge in [-0.15, -0.1) is 0 Å². The molecular formula is C15H14N2O5S. The van der Waals surface area contributed by atoms with Crippen LogP contribution in [0.3, 0.4) is 0 Å². The van der Waals surface area contributed by atoms with Crippen molar-refractivity contribution in [2.24, 2.45) is 0 Å². The van der Waals surface area contributed by atoms with Crippen LogP contribution in [-0.4, -0.2) is 35.5 Å². The van der Waals surface area contributed by atoms with Gasteiger partial charge in [-0.2, -0.15) is 4.31 Å². The number of carbonyl (C=O) groups excluding carboxylic acids is 1. The summed E-state index contributed by atoms with van der Waals surface area (Å²) < 4.78 is 27.2. The predicted octanol–water partition coefficient (Wildman–Crippen LogP) is 1.81. The highest BCUT2D eigenvalue weighted by Crippen LogP contribution is 2.39. The molecule has 0 saturated carbocycles. The molecule has 0 amide bonds. The summed E-state index contributed by atoms with van der Waals surface area (Å²) >= 11 is 0. The molecule has 0 bridgehead atoms. The van der Waals surface area contributed by atoms with Crippen LogP contribution in [-0.2, 0) is 14.8 Å². The number of nitrogens with zero attached hydrogens (tertiary/aromatic N) is 2. The largest absolute Gasteiger partial charge is 0.290 e. The minimum atomic E-state index is -4.06. The van der Waals surface area contributed by atoms with Gasteiger partial charge in [0.25, 0.3) is 15.7 Å². The van der Waals surface area contributed by atoms with Crippen LogP contribution in [0.4, 0.5) is 5.69 Å². The average Bonchev–Trinajstić information content (AvgIpc) is 2.95. The third-order valence-corrected chi connectivity index (χ3v) is 6.11. The van der Waals surface area contributed by atoms with Crippen LogP contribution in [0.25, 0.3) is 0 Å². The SMILES string of the molecule is O=C1C=CC2(C=C1)CCCN2S(=O)(=O)c1ccccc1[N+](=O)[O-]. The molecular weight excluding hydrogens is 320 g/mol. The molecule has 1 fully saturated rings. The van der Waals surface area contributed by atoms with Gasteiger partial charge in [-0.1, -0.05) is 24.3 Å². The maximum absolute atomic E-state index is 13.0. The van der Waals surface area contributed by atoms with Crippen molar-refractivity contribution in [1.82, 2.24) is 4.31 Å². The number of para-hydroxylation sites is 1. The van der Waals surface area contributed by atoms with Gasteiger partial charge in [0.05, 0.1) is 10.5 Å². The summed E-state index contributed by atoms with van der Waals surface area (Å²) in [7, 11) is -4.06. The molecule has 3 rings (SSSR count). The number of sulfonamides is 1. The summed E-state index contributed by atoms with van der Waals surface area (Å²) in [6, 6.07) is 5.29. The monoisotopic (exact) mass is 334 g/mol. The summed E-state index contributed by atoms with van der Waals surface area (Å²) in [4.78, 5) is 21.5. The molecule has 1 aliphatic heterocycles. The van der Waals surface area contributed by atoms with Crippen LogP contribution in [0, 0.1) is 10.1 Å². The Morgan fingerprint density at radius 1 is 1.17 bits per heavy atom. The highest BCUT2D eigenvalue weighted by Gasteiger charge is 2.46. The van der Waals surface area contributed by atoms with Gasteiger partial charge in [0.1, 0.15) is 0 Å². The van der Waals surface area contributed by atoms with Gasteiger partial charge in [-0.25, -0.2) is 8.42 Å². The Hall–Kier alpha value is -2.32. The van der Waals surface area contributed by atoms with Gasteiger partial charge in [-0.05, 0) is 31.1 Å². The highest BCUT2D eigenvalue weighted by atomic mass is 32.2. The van der Waals surface area contributed by atoms with Crippen molar-refractivity contribution in [3.05, 3.63) is 58.7 Å². The second-order valence-corrected chi connectivity index (χ2v) is 7.30. The van der Waals surface area contributed by atoms with E-state index in [9.17, 15) is 23.3 Å². The lowest BCUT2D eigenvalue weighted by Gasteiger charge is -2.33. The number of carbonyl (C=O) groups is 1. The van der Waals surface area contributed by atoms with Crippen LogP contribution in [0.2, 0.25) is 0 Å². The molecule has 23 heavy (non-hydrogen) atoms. The Bertz CT molecular complexity index is 825. The molecule has 1 spiro atoms. The van der Waals surface area contributed by atoms with E-state index in [4.69, 9.17) is 0 Å². The first-order chi connectivity index (χ1) is 10.9. The molecule has 7 nitrogen and oxygen atoms in total. The summed E-state index contributed by atoms with van der Waals surface area (Å²) in [6.45, 7) is 0.247. The lowest BCUT2D eigenvalue weighted by atomic mass is 9.92. The molecule has 120 valence electrons. The van der Waals surface area contributed by atoms with E-state index in [-0.39, 0.29) is 17.2 Å². The average molecular weight is 334 g/mol. The minimum Gasteiger partial charge on any atom is -0.290 e. The van der Waals surface area contributed by atoms with Gasteiger partial charge in [-0.3, -0.25) is 14.9 Å². The second-order valence-electron chi connectivity index (χ2n) is 5.47. The molecule has 1 aromatic rings. The summed E-state index contributed by atoms with van der Waals surface area (Å²) in [5, 5.41) is 11.1. The van der Waals surface area contributed by atoms with E-state index in [1.807, 2.05) is 0 Å². The predicted molar refractivity (Wildman–Crippen MR) is 82.2 cm³/mol. The summed E-state index contributed by atoms with van der Waals surface area (Å²) in [5.74, 6) is -0.203. The first kappa shape index (κ1) is 15.6. The normalized spacial score (nSPS) is 20.3. The number of rotatable bonds is 3. The van der Waals surface area contributed by atoms with Crippen LogP contribution in [0.5, 0.6) is 0 Å². The number of hydrogen-bond donors (Lipinski definition) is 0. The van der Waals surface area contributed by atoms with Crippen molar-refractivity contribution in [3.8, 4) is 0 Å². The molecule has 8 heteroatoms. The number of ketones is 1. The molecule has 1 saturated heterocycles. The van der Waals surface area contributed by atoms with E-state index in [0.717, 1.165) is 0 Å². The van der Waals surface area contributed by atoms with Gasteiger partial charge >= 0.3 is 0 Å². The minimum absolute atomic E-state index is 0.203. The topological polar surface area (TPSA) is 97.6 Å². The number of hydrogen-bond acceptors (Lipinski definition) is 5. The van der Waals surface area contributed by atoms with E-state index in [2.05, 4.69) is 0 Å². The summed E-state index contributed by atoms with van der Waals surface area (Å²) in [5.41, 5.74) is -1.37. The maximum Gasteiger partial charge on any atom is 0.289 e. The molecule has 0 atom stereocenters. The smallest absolute Gasteiger partial charge is 0.289 e. The molecule has 2 aliphatic rings. The lowest BCUT2D eigenvalue weighted by molar-refractivity contribution is -0.387. The Labute approximate surface area is 133 Å². The highest BCUT2D eigenvalue weighted by molar-refractivity contribution is 7.89. The van der Waals surface area contributed by atoms with Crippen molar-refractivity contribution in [2.45, 2.75) is 23.3 Å². The first-order valence-corrected chi connectivity index (χ1v) is 8.50. The molecule has 0 unspecified atom stereocenters. The molecule has 0 radical (unpaired) electrons. The van der Waals surface area contributed by atoms with Gasteiger partial charge in [0, 0.05) is 12.6 Å². The van der Waals surface area contributed by atoms with E-state index < -0.39 is 26.2 Å². The van der Waals surface area contributed by atoms with Gasteiger partial charge in [0.2, 0.25) is 0 Å². The Morgan fingerprint density at radius 3 is 2.48 bits per heavy atom. The third-order valence-electron chi connectivity index (χ3n) is 4.11. The zero-order chi connectivity index (χ0) is 16.7. The molecule has 1 aliphatic carbocycles. The van der Waals surface area contributed by atoms with Crippen molar-refractivity contribution in [2.75, 3.05) is 6.54 Å². The Balaban J connectivity index is 2.10. The van der Waals surface area contributed by atoms with E-state index in [1.54, 1.807) is 12.2 Å². The standard InChI is InChI=1S/C15H14N2O5S/c18-12-6-9-15(10-7-12)8-3-11-16(15)23(21,22)14-5-2-1-4-13(14)17(19)20/h1-2,4-7,9-10H,3,8,11H2. The first-order valence-electron chi connectivity index (χ1n) is 7.06. The molecule has 0 aromatic heterocycles. The Morgan fingerprint density at radius 2 is 1.83 bits per heavy atom. The quantitative estimate of drug-likeness (QED) is 0.620. The fourth-order valence-electron chi connectivity index (χ4n) is 3.02. The van der Waals surface area contributed by atoms with E-state index in [0.29, 0.717) is 12.8 Å². The zero-order valence-corrected chi connectivity index (χ0v) is 12.9.